The molecule has 0 aliphatic rings. The number of hydrogen-bond donors (Lipinski definition) is 0. The molecule has 1 rings (SSSR count). The molecule has 2 unspecified atom stereocenters. The first-order chi connectivity index (χ1) is 8.45. The van der Waals surface area contributed by atoms with Gasteiger partial charge in [-0.2, -0.15) is 0 Å². The Labute approximate surface area is 104 Å². The van der Waals surface area contributed by atoms with Crippen LogP contribution in [0, 0.1) is 20.2 Å². The fourth-order valence-corrected chi connectivity index (χ4v) is 1.70. The molecule has 0 amide bonds. The molecular weight excluding hydrogens is 240 g/mol. The molecule has 0 spiro atoms. The molecule has 0 saturated carbocycles. The van der Waals surface area contributed by atoms with Crippen LogP contribution in [0.5, 0.6) is 5.75 Å². The molecule has 98 valence electrons. The van der Waals surface area contributed by atoms with Crippen molar-refractivity contribution in [3.05, 3.63) is 50.1 Å². The molecule has 0 fully saturated rings. The number of rotatable bonds is 6. The molecule has 7 heteroatoms. The predicted molar refractivity (Wildman–Crippen MR) is 64.1 cm³/mol. The zero-order chi connectivity index (χ0) is 13.7. The normalized spacial score (nSPS) is 13.7. The SMILES string of the molecule is COc1ccc(C(C[N+](=O)[O-])C(C)[N+](=O)[O-])cc1. The predicted octanol–water partition coefficient (Wildman–Crippen LogP) is 1.72. The van der Waals surface area contributed by atoms with E-state index >= 15 is 0 Å². The topological polar surface area (TPSA) is 95.5 Å². The van der Waals surface area contributed by atoms with Crippen LogP contribution >= 0.6 is 0 Å². The van der Waals surface area contributed by atoms with Gasteiger partial charge in [-0.05, 0) is 17.7 Å². The number of nitro groups is 2. The molecule has 0 bridgehead atoms. The van der Waals surface area contributed by atoms with Gasteiger partial charge in [0.1, 0.15) is 11.7 Å². The van der Waals surface area contributed by atoms with E-state index in [4.69, 9.17) is 4.74 Å². The molecule has 7 nitrogen and oxygen atoms in total. The van der Waals surface area contributed by atoms with E-state index in [-0.39, 0.29) is 0 Å². The highest BCUT2D eigenvalue weighted by atomic mass is 16.6. The molecule has 0 heterocycles. The van der Waals surface area contributed by atoms with E-state index in [0.29, 0.717) is 11.3 Å². The second kappa shape index (κ2) is 5.95. The van der Waals surface area contributed by atoms with Crippen molar-refractivity contribution in [1.82, 2.24) is 0 Å². The third kappa shape index (κ3) is 3.41. The first kappa shape index (κ1) is 13.9. The van der Waals surface area contributed by atoms with Crippen molar-refractivity contribution >= 4 is 0 Å². The first-order valence-electron chi connectivity index (χ1n) is 5.35. The number of ether oxygens (including phenoxy) is 1. The third-order valence-electron chi connectivity index (χ3n) is 2.80. The maximum Gasteiger partial charge on any atom is 0.223 e. The van der Waals surface area contributed by atoms with Gasteiger partial charge >= 0.3 is 0 Å². The van der Waals surface area contributed by atoms with E-state index in [1.54, 1.807) is 24.3 Å². The van der Waals surface area contributed by atoms with Crippen LogP contribution in [0.15, 0.2) is 24.3 Å². The van der Waals surface area contributed by atoms with E-state index in [1.807, 2.05) is 0 Å². The highest BCUT2D eigenvalue weighted by molar-refractivity contribution is 5.29. The van der Waals surface area contributed by atoms with E-state index in [9.17, 15) is 20.2 Å². The smallest absolute Gasteiger partial charge is 0.223 e. The molecule has 2 atom stereocenters. The Bertz CT molecular complexity index is 432. The van der Waals surface area contributed by atoms with E-state index in [0.717, 1.165) is 0 Å². The fraction of sp³-hybridized carbons (Fsp3) is 0.455. The summed E-state index contributed by atoms with van der Waals surface area (Å²) in [6.45, 7) is 0.910. The molecule has 0 aliphatic heterocycles. The molecule has 18 heavy (non-hydrogen) atoms. The Morgan fingerprint density at radius 1 is 1.22 bits per heavy atom. The van der Waals surface area contributed by atoms with Crippen molar-refractivity contribution in [2.24, 2.45) is 0 Å². The van der Waals surface area contributed by atoms with Gasteiger partial charge in [-0.25, -0.2) is 0 Å². The van der Waals surface area contributed by atoms with Crippen LogP contribution in [0.2, 0.25) is 0 Å². The van der Waals surface area contributed by atoms with Gasteiger partial charge in [0, 0.05) is 16.8 Å². The summed E-state index contributed by atoms with van der Waals surface area (Å²) in [5.41, 5.74) is 0.566. The zero-order valence-electron chi connectivity index (χ0n) is 10.1. The van der Waals surface area contributed by atoms with Crippen molar-refractivity contribution in [2.45, 2.75) is 18.9 Å². The molecule has 0 saturated heterocycles. The summed E-state index contributed by atoms with van der Waals surface area (Å²) in [7, 11) is 1.50. The Morgan fingerprint density at radius 3 is 2.17 bits per heavy atom. The van der Waals surface area contributed by atoms with E-state index < -0.39 is 28.4 Å². The summed E-state index contributed by atoms with van der Waals surface area (Å²) in [5.74, 6) is -0.145. The molecular formula is C11H14N2O5. The molecule has 0 aromatic heterocycles. The Kier molecular flexibility index (Phi) is 4.59. The van der Waals surface area contributed by atoms with Crippen LogP contribution < -0.4 is 4.74 Å². The molecule has 0 N–H and O–H groups in total. The summed E-state index contributed by atoms with van der Waals surface area (Å²) in [4.78, 5) is 20.3. The maximum atomic E-state index is 10.8. The van der Waals surface area contributed by atoms with Gasteiger partial charge in [-0.1, -0.05) is 12.1 Å². The van der Waals surface area contributed by atoms with Crippen LogP contribution in [-0.4, -0.2) is 29.5 Å². The Balaban J connectivity index is 3.00. The van der Waals surface area contributed by atoms with Crippen molar-refractivity contribution in [1.29, 1.82) is 0 Å². The lowest BCUT2D eigenvalue weighted by Gasteiger charge is -2.15. The number of hydrogen-bond acceptors (Lipinski definition) is 5. The van der Waals surface area contributed by atoms with E-state index in [1.165, 1.54) is 14.0 Å². The molecule has 0 aliphatic carbocycles. The van der Waals surface area contributed by atoms with E-state index in [2.05, 4.69) is 0 Å². The van der Waals surface area contributed by atoms with Crippen LogP contribution in [0.3, 0.4) is 0 Å². The average molecular weight is 254 g/mol. The van der Waals surface area contributed by atoms with Gasteiger partial charge in [0.15, 0.2) is 0 Å². The van der Waals surface area contributed by atoms with Gasteiger partial charge in [0.05, 0.1) is 7.11 Å². The summed E-state index contributed by atoms with van der Waals surface area (Å²) >= 11 is 0. The minimum atomic E-state index is -1.01. The summed E-state index contributed by atoms with van der Waals surface area (Å²) in [6.07, 6.45) is 0. The zero-order valence-corrected chi connectivity index (χ0v) is 10.1. The number of benzene rings is 1. The third-order valence-corrected chi connectivity index (χ3v) is 2.80. The van der Waals surface area contributed by atoms with Gasteiger partial charge < -0.3 is 4.74 Å². The van der Waals surface area contributed by atoms with Crippen LogP contribution in [0.25, 0.3) is 0 Å². The second-order valence-electron chi connectivity index (χ2n) is 3.92. The molecule has 1 aromatic rings. The van der Waals surface area contributed by atoms with Crippen molar-refractivity contribution in [3.8, 4) is 5.75 Å². The van der Waals surface area contributed by atoms with Crippen molar-refractivity contribution in [3.63, 3.8) is 0 Å². The van der Waals surface area contributed by atoms with Crippen molar-refractivity contribution < 1.29 is 14.6 Å². The monoisotopic (exact) mass is 254 g/mol. The second-order valence-corrected chi connectivity index (χ2v) is 3.92. The van der Waals surface area contributed by atoms with Crippen molar-refractivity contribution in [2.75, 3.05) is 13.7 Å². The summed E-state index contributed by atoms with van der Waals surface area (Å²) in [6, 6.07) is 5.49. The Morgan fingerprint density at radius 2 is 1.78 bits per heavy atom. The van der Waals surface area contributed by atoms with Gasteiger partial charge in [0.25, 0.3) is 0 Å². The minimum absolute atomic E-state index is 0.464. The lowest BCUT2D eigenvalue weighted by Crippen LogP contribution is -2.29. The van der Waals surface area contributed by atoms with Crippen LogP contribution in [0.1, 0.15) is 18.4 Å². The fourth-order valence-electron chi connectivity index (χ4n) is 1.70. The quantitative estimate of drug-likeness (QED) is 0.568. The highest BCUT2D eigenvalue weighted by Gasteiger charge is 2.32. The molecule has 0 radical (unpaired) electrons. The summed E-state index contributed by atoms with van der Waals surface area (Å²) < 4.78 is 4.97. The average Bonchev–Trinajstić information content (AvgIpc) is 2.35. The van der Waals surface area contributed by atoms with Crippen LogP contribution in [0.4, 0.5) is 0 Å². The molecule has 1 aromatic carbocycles. The van der Waals surface area contributed by atoms with Gasteiger partial charge in [-0.15, -0.1) is 0 Å². The van der Waals surface area contributed by atoms with Gasteiger partial charge in [-0.3, -0.25) is 20.2 Å². The van der Waals surface area contributed by atoms with Gasteiger partial charge in [0.2, 0.25) is 12.6 Å². The lowest BCUT2D eigenvalue weighted by molar-refractivity contribution is -0.543. The minimum Gasteiger partial charge on any atom is -0.497 e. The number of nitrogens with zero attached hydrogens (tertiary/aromatic N) is 2. The maximum absolute atomic E-state index is 10.8. The summed E-state index contributed by atoms with van der Waals surface area (Å²) in [5, 5.41) is 21.4. The standard InChI is InChI=1S/C11H14N2O5/c1-8(13(16)17)11(7-12(14)15)9-3-5-10(18-2)6-4-9/h3-6,8,11H,7H2,1-2H3. The first-order valence-corrected chi connectivity index (χ1v) is 5.35. The lowest BCUT2D eigenvalue weighted by atomic mass is 9.93. The highest BCUT2D eigenvalue weighted by Crippen LogP contribution is 2.24. The van der Waals surface area contributed by atoms with Crippen LogP contribution in [-0.2, 0) is 0 Å². The number of methoxy groups -OCH3 is 1. The largest absolute Gasteiger partial charge is 0.497 e. The Hall–Kier alpha value is -2.18.